The molecule has 0 saturated carbocycles. The second-order valence-corrected chi connectivity index (χ2v) is 4.90. The van der Waals surface area contributed by atoms with Crippen molar-refractivity contribution in [3.8, 4) is 5.75 Å². The summed E-state index contributed by atoms with van der Waals surface area (Å²) < 4.78 is 5.40. The lowest BCUT2D eigenvalue weighted by molar-refractivity contribution is 0.0691. The van der Waals surface area contributed by atoms with E-state index in [1.54, 1.807) is 5.51 Å². The van der Waals surface area contributed by atoms with Crippen LogP contribution in [0.3, 0.4) is 0 Å². The molecule has 18 heavy (non-hydrogen) atoms. The summed E-state index contributed by atoms with van der Waals surface area (Å²) in [6.45, 7) is 0.158. The summed E-state index contributed by atoms with van der Waals surface area (Å²) in [4.78, 5) is 15.1. The third-order valence-electron chi connectivity index (χ3n) is 2.09. The van der Waals surface area contributed by atoms with Crippen LogP contribution in [0, 0.1) is 0 Å². The fourth-order valence-electron chi connectivity index (χ4n) is 1.32. The summed E-state index contributed by atoms with van der Waals surface area (Å²) in [7, 11) is 0. The molecule has 0 atom stereocenters. The van der Waals surface area contributed by atoms with Crippen LogP contribution in [0.25, 0.3) is 0 Å². The van der Waals surface area contributed by atoms with Crippen molar-refractivity contribution in [1.82, 2.24) is 4.98 Å². The number of hydrogen-bond donors (Lipinski definition) is 1. The number of aromatic carboxylic acids is 1. The van der Waals surface area contributed by atoms with Gasteiger partial charge in [-0.25, -0.2) is 9.78 Å². The van der Waals surface area contributed by atoms with Crippen LogP contribution in [-0.4, -0.2) is 16.1 Å². The van der Waals surface area contributed by atoms with Gasteiger partial charge < -0.3 is 9.84 Å². The highest BCUT2D eigenvalue weighted by Crippen LogP contribution is 2.33. The Morgan fingerprint density at radius 1 is 1.44 bits per heavy atom. The number of nitrogens with zero attached hydrogens (tertiary/aromatic N) is 1. The highest BCUT2D eigenvalue weighted by Gasteiger charge is 2.16. The maximum Gasteiger partial charge on any atom is 0.339 e. The molecule has 0 saturated heterocycles. The predicted octanol–water partition coefficient (Wildman–Crippen LogP) is 3.73. The molecule has 0 bridgehead atoms. The largest absolute Gasteiger partial charge is 0.485 e. The molecule has 0 unspecified atom stereocenters. The summed E-state index contributed by atoms with van der Waals surface area (Å²) in [5, 5.41) is 11.3. The van der Waals surface area contributed by atoms with E-state index in [-0.39, 0.29) is 28.0 Å². The molecule has 0 aliphatic rings. The topological polar surface area (TPSA) is 59.4 Å². The molecule has 0 radical (unpaired) electrons. The Kier molecular flexibility index (Phi) is 4.06. The van der Waals surface area contributed by atoms with Crippen molar-refractivity contribution in [2.75, 3.05) is 0 Å². The quantitative estimate of drug-likeness (QED) is 0.935. The maximum absolute atomic E-state index is 11.1. The molecule has 2 rings (SSSR count). The zero-order valence-electron chi connectivity index (χ0n) is 8.89. The van der Waals surface area contributed by atoms with Crippen LogP contribution < -0.4 is 4.74 Å². The normalized spacial score (nSPS) is 10.3. The van der Waals surface area contributed by atoms with E-state index < -0.39 is 5.97 Å². The molecule has 1 aromatic carbocycles. The summed E-state index contributed by atoms with van der Waals surface area (Å²) in [6.07, 6.45) is 0. The van der Waals surface area contributed by atoms with Crippen molar-refractivity contribution >= 4 is 40.5 Å². The van der Waals surface area contributed by atoms with Crippen LogP contribution in [0.15, 0.2) is 23.0 Å². The van der Waals surface area contributed by atoms with E-state index >= 15 is 0 Å². The van der Waals surface area contributed by atoms with Gasteiger partial charge in [0.1, 0.15) is 12.2 Å². The molecular formula is C11H7Cl2NO3S. The number of carbonyl (C=O) groups is 1. The molecule has 94 valence electrons. The Labute approximate surface area is 117 Å². The number of benzene rings is 1. The van der Waals surface area contributed by atoms with Gasteiger partial charge in [-0.05, 0) is 12.1 Å². The van der Waals surface area contributed by atoms with Gasteiger partial charge in [0, 0.05) is 10.4 Å². The number of rotatable bonds is 4. The number of carboxylic acid groups (broad SMARTS) is 1. The molecule has 1 heterocycles. The maximum atomic E-state index is 11.1. The highest BCUT2D eigenvalue weighted by molar-refractivity contribution is 7.07. The predicted molar refractivity (Wildman–Crippen MR) is 69.9 cm³/mol. The molecule has 1 aromatic heterocycles. The van der Waals surface area contributed by atoms with Crippen molar-refractivity contribution in [1.29, 1.82) is 0 Å². The van der Waals surface area contributed by atoms with Gasteiger partial charge in [0.25, 0.3) is 0 Å². The number of hydrogen-bond acceptors (Lipinski definition) is 4. The van der Waals surface area contributed by atoms with E-state index in [0.29, 0.717) is 5.69 Å². The zero-order valence-corrected chi connectivity index (χ0v) is 11.2. The van der Waals surface area contributed by atoms with Gasteiger partial charge in [0.05, 0.1) is 16.2 Å². The number of halogens is 2. The number of ether oxygens (including phenoxy) is 1. The minimum atomic E-state index is -1.15. The average Bonchev–Trinajstić information content (AvgIpc) is 2.79. The van der Waals surface area contributed by atoms with E-state index in [4.69, 9.17) is 33.0 Å². The Morgan fingerprint density at radius 3 is 2.83 bits per heavy atom. The van der Waals surface area contributed by atoms with Crippen LogP contribution in [0.4, 0.5) is 0 Å². The fourth-order valence-corrected chi connectivity index (χ4v) is 2.41. The molecule has 0 fully saturated rings. The zero-order chi connectivity index (χ0) is 13.1. The van der Waals surface area contributed by atoms with Gasteiger partial charge in [-0.2, -0.15) is 0 Å². The standard InChI is InChI=1S/C11H7Cl2NO3S/c12-6-1-8(11(15)16)10(9(13)2-6)17-3-7-4-18-5-14-7/h1-2,4-5H,3H2,(H,15,16). The van der Waals surface area contributed by atoms with Gasteiger partial charge in [0.2, 0.25) is 0 Å². The minimum Gasteiger partial charge on any atom is -0.485 e. The lowest BCUT2D eigenvalue weighted by Crippen LogP contribution is -2.04. The van der Waals surface area contributed by atoms with Gasteiger partial charge >= 0.3 is 5.97 Å². The summed E-state index contributed by atoms with van der Waals surface area (Å²) in [5.74, 6) is -1.05. The fraction of sp³-hybridized carbons (Fsp3) is 0.0909. The molecule has 0 aliphatic carbocycles. The molecule has 0 spiro atoms. The second-order valence-electron chi connectivity index (χ2n) is 3.34. The summed E-state index contributed by atoms with van der Waals surface area (Å²) in [5.41, 5.74) is 2.31. The first-order chi connectivity index (χ1) is 8.58. The van der Waals surface area contributed by atoms with E-state index in [1.165, 1.54) is 23.5 Å². The Bertz CT molecular complexity index is 572. The number of carboxylic acids is 1. The van der Waals surface area contributed by atoms with Crippen LogP contribution in [-0.2, 0) is 6.61 Å². The molecule has 1 N–H and O–H groups in total. The van der Waals surface area contributed by atoms with Crippen molar-refractivity contribution in [2.24, 2.45) is 0 Å². The molecule has 4 nitrogen and oxygen atoms in total. The third-order valence-corrected chi connectivity index (χ3v) is 3.22. The first-order valence-corrected chi connectivity index (χ1v) is 6.50. The van der Waals surface area contributed by atoms with Gasteiger partial charge in [0.15, 0.2) is 5.75 Å². The average molecular weight is 304 g/mol. The van der Waals surface area contributed by atoms with Crippen LogP contribution in [0.5, 0.6) is 5.75 Å². The Hall–Kier alpha value is -1.30. The van der Waals surface area contributed by atoms with E-state index in [1.807, 2.05) is 5.38 Å². The molecule has 0 aliphatic heterocycles. The van der Waals surface area contributed by atoms with Crippen LogP contribution in [0.1, 0.15) is 16.1 Å². The van der Waals surface area contributed by atoms with Gasteiger partial charge in [-0.1, -0.05) is 23.2 Å². The van der Waals surface area contributed by atoms with E-state index in [2.05, 4.69) is 4.98 Å². The smallest absolute Gasteiger partial charge is 0.339 e. The van der Waals surface area contributed by atoms with E-state index in [0.717, 1.165) is 0 Å². The van der Waals surface area contributed by atoms with Crippen LogP contribution in [0.2, 0.25) is 10.0 Å². The van der Waals surface area contributed by atoms with Crippen molar-refractivity contribution < 1.29 is 14.6 Å². The first kappa shape index (κ1) is 13.1. The number of thiazole rings is 1. The lowest BCUT2D eigenvalue weighted by Gasteiger charge is -2.10. The Morgan fingerprint density at radius 2 is 2.22 bits per heavy atom. The summed E-state index contributed by atoms with van der Waals surface area (Å²) >= 11 is 13.1. The SMILES string of the molecule is O=C(O)c1cc(Cl)cc(Cl)c1OCc1cscn1. The second kappa shape index (κ2) is 5.56. The van der Waals surface area contributed by atoms with E-state index in [9.17, 15) is 4.79 Å². The Balaban J connectivity index is 2.28. The van der Waals surface area contributed by atoms with Gasteiger partial charge in [-0.3, -0.25) is 0 Å². The molecule has 7 heteroatoms. The van der Waals surface area contributed by atoms with Crippen LogP contribution >= 0.6 is 34.5 Å². The van der Waals surface area contributed by atoms with Crippen molar-refractivity contribution in [3.05, 3.63) is 44.3 Å². The van der Waals surface area contributed by atoms with Crippen molar-refractivity contribution in [2.45, 2.75) is 6.61 Å². The lowest BCUT2D eigenvalue weighted by atomic mass is 10.2. The first-order valence-electron chi connectivity index (χ1n) is 4.80. The molecule has 0 amide bonds. The minimum absolute atomic E-state index is 0.0669. The van der Waals surface area contributed by atoms with Crippen molar-refractivity contribution in [3.63, 3.8) is 0 Å². The highest BCUT2D eigenvalue weighted by atomic mass is 35.5. The molecular weight excluding hydrogens is 297 g/mol. The molecule has 2 aromatic rings. The monoisotopic (exact) mass is 303 g/mol. The van der Waals surface area contributed by atoms with Gasteiger partial charge in [-0.15, -0.1) is 11.3 Å². The third kappa shape index (κ3) is 2.93. The summed E-state index contributed by atoms with van der Waals surface area (Å²) in [6, 6.07) is 2.73. The number of aromatic nitrogens is 1.